The van der Waals surface area contributed by atoms with Crippen LogP contribution in [-0.4, -0.2) is 10.9 Å². The number of rotatable bonds is 2. The third kappa shape index (κ3) is 2.45. The number of benzene rings is 1. The van der Waals surface area contributed by atoms with E-state index in [1.54, 1.807) is 12.1 Å². The largest absolute Gasteiger partial charge is 0.398 e. The molecule has 0 atom stereocenters. The summed E-state index contributed by atoms with van der Waals surface area (Å²) < 4.78 is 12.9. The first-order valence-electron chi connectivity index (χ1n) is 5.35. The number of nitrogens with one attached hydrogen (secondary N) is 1. The van der Waals surface area contributed by atoms with Crippen molar-refractivity contribution in [2.75, 3.05) is 11.1 Å². The fourth-order valence-electron chi connectivity index (χ4n) is 1.56. The number of hydrogen-bond donors (Lipinski definition) is 2. The molecule has 0 fully saturated rings. The topological polar surface area (TPSA) is 68.0 Å². The second-order valence-corrected chi connectivity index (χ2v) is 3.88. The first-order valence-corrected chi connectivity index (χ1v) is 5.35. The Balaban J connectivity index is 2.25. The molecule has 3 N–H and O–H groups in total. The number of amides is 1. The summed E-state index contributed by atoms with van der Waals surface area (Å²) in [5.41, 5.74) is 7.70. The molecular weight excluding hydrogens is 233 g/mol. The van der Waals surface area contributed by atoms with Gasteiger partial charge in [0.05, 0.1) is 23.6 Å². The molecule has 1 aromatic carbocycles. The summed E-state index contributed by atoms with van der Waals surface area (Å²) in [6.45, 7) is 1.82. The Labute approximate surface area is 104 Å². The third-order valence-electron chi connectivity index (χ3n) is 2.53. The lowest BCUT2D eigenvalue weighted by Crippen LogP contribution is -2.14. The fraction of sp³-hybridized carbons (Fsp3) is 0.0769. The van der Waals surface area contributed by atoms with Crippen molar-refractivity contribution in [1.82, 2.24) is 4.98 Å². The van der Waals surface area contributed by atoms with E-state index in [-0.39, 0.29) is 5.91 Å². The Bertz CT molecular complexity index is 599. The number of hydrogen-bond acceptors (Lipinski definition) is 3. The zero-order chi connectivity index (χ0) is 13.1. The van der Waals surface area contributed by atoms with Gasteiger partial charge in [-0.3, -0.25) is 9.78 Å². The number of aryl methyl sites for hydroxylation is 1. The first-order chi connectivity index (χ1) is 8.58. The molecule has 0 unspecified atom stereocenters. The van der Waals surface area contributed by atoms with E-state index in [1.807, 2.05) is 13.0 Å². The number of carbonyl (C=O) groups is 1. The molecule has 0 saturated heterocycles. The van der Waals surface area contributed by atoms with Crippen LogP contribution >= 0.6 is 0 Å². The minimum Gasteiger partial charge on any atom is -0.398 e. The van der Waals surface area contributed by atoms with E-state index in [9.17, 15) is 9.18 Å². The summed E-state index contributed by atoms with van der Waals surface area (Å²) >= 11 is 0. The average Bonchev–Trinajstić information content (AvgIpc) is 2.32. The van der Waals surface area contributed by atoms with Gasteiger partial charge in [-0.25, -0.2) is 4.39 Å². The number of halogens is 1. The maximum atomic E-state index is 12.9. The molecule has 5 heteroatoms. The summed E-state index contributed by atoms with van der Waals surface area (Å²) in [7, 11) is 0. The predicted molar refractivity (Wildman–Crippen MR) is 67.7 cm³/mol. The van der Waals surface area contributed by atoms with Gasteiger partial charge in [-0.2, -0.15) is 0 Å². The van der Waals surface area contributed by atoms with Crippen molar-refractivity contribution in [2.45, 2.75) is 6.92 Å². The number of nitrogens with two attached hydrogens (primary N) is 1. The van der Waals surface area contributed by atoms with Crippen molar-refractivity contribution in [3.8, 4) is 0 Å². The monoisotopic (exact) mass is 245 g/mol. The van der Waals surface area contributed by atoms with Gasteiger partial charge in [-0.15, -0.1) is 0 Å². The smallest absolute Gasteiger partial charge is 0.257 e. The van der Waals surface area contributed by atoms with Crippen molar-refractivity contribution in [2.24, 2.45) is 0 Å². The highest BCUT2D eigenvalue weighted by atomic mass is 19.1. The lowest BCUT2D eigenvalue weighted by molar-refractivity contribution is 0.102. The Morgan fingerprint density at radius 1 is 1.39 bits per heavy atom. The molecule has 92 valence electrons. The van der Waals surface area contributed by atoms with Gasteiger partial charge >= 0.3 is 0 Å². The number of anilines is 2. The molecule has 0 aliphatic rings. The van der Waals surface area contributed by atoms with E-state index >= 15 is 0 Å². The van der Waals surface area contributed by atoms with Crippen molar-refractivity contribution in [3.63, 3.8) is 0 Å². The maximum absolute atomic E-state index is 12.9. The molecule has 2 aromatic rings. The summed E-state index contributed by atoms with van der Waals surface area (Å²) in [5, 5.41) is 2.55. The van der Waals surface area contributed by atoms with Gasteiger partial charge in [0.1, 0.15) is 5.82 Å². The average molecular weight is 245 g/mol. The number of para-hydroxylation sites is 1. The molecule has 0 aliphatic carbocycles. The molecule has 0 aliphatic heterocycles. The molecule has 1 aromatic heterocycles. The zero-order valence-electron chi connectivity index (χ0n) is 9.77. The van der Waals surface area contributed by atoms with Crippen LogP contribution in [0.4, 0.5) is 15.8 Å². The number of pyridine rings is 1. The number of nitrogen functional groups attached to an aromatic ring is 1. The third-order valence-corrected chi connectivity index (χ3v) is 2.53. The van der Waals surface area contributed by atoms with Crippen molar-refractivity contribution < 1.29 is 9.18 Å². The maximum Gasteiger partial charge on any atom is 0.257 e. The van der Waals surface area contributed by atoms with E-state index in [1.165, 1.54) is 12.3 Å². The van der Waals surface area contributed by atoms with E-state index in [2.05, 4.69) is 10.3 Å². The van der Waals surface area contributed by atoms with E-state index < -0.39 is 5.82 Å². The lowest BCUT2D eigenvalue weighted by atomic mass is 10.1. The Morgan fingerprint density at radius 2 is 2.17 bits per heavy atom. The minimum absolute atomic E-state index is 0.293. The SMILES string of the molecule is Cc1cccc(C(=O)Nc2cncc(F)c2)c1N. The van der Waals surface area contributed by atoms with Crippen molar-refractivity contribution in [3.05, 3.63) is 53.6 Å². The van der Waals surface area contributed by atoms with Gasteiger partial charge in [-0.1, -0.05) is 12.1 Å². The number of aromatic nitrogens is 1. The van der Waals surface area contributed by atoms with Crippen molar-refractivity contribution >= 4 is 17.3 Å². The van der Waals surface area contributed by atoms with E-state index in [0.29, 0.717) is 16.9 Å². The lowest BCUT2D eigenvalue weighted by Gasteiger charge is -2.08. The Hall–Kier alpha value is -2.43. The van der Waals surface area contributed by atoms with E-state index in [0.717, 1.165) is 11.8 Å². The van der Waals surface area contributed by atoms with E-state index in [4.69, 9.17) is 5.73 Å². The Kier molecular flexibility index (Phi) is 3.23. The van der Waals surface area contributed by atoms with Gasteiger partial charge in [0.25, 0.3) is 5.91 Å². The standard InChI is InChI=1S/C13H12FN3O/c1-8-3-2-4-11(12(8)15)13(18)17-10-5-9(14)6-16-7-10/h2-7H,15H2,1H3,(H,17,18). The van der Waals surface area contributed by atoms with Crippen molar-refractivity contribution in [1.29, 1.82) is 0 Å². The fourth-order valence-corrected chi connectivity index (χ4v) is 1.56. The van der Waals surface area contributed by atoms with Gasteiger partial charge in [0.15, 0.2) is 0 Å². The minimum atomic E-state index is -0.509. The van der Waals surface area contributed by atoms with Crippen LogP contribution in [-0.2, 0) is 0 Å². The van der Waals surface area contributed by atoms with Crippen LogP contribution < -0.4 is 11.1 Å². The Morgan fingerprint density at radius 3 is 2.89 bits per heavy atom. The molecular formula is C13H12FN3O. The van der Waals surface area contributed by atoms with Crippen LogP contribution in [0.5, 0.6) is 0 Å². The van der Waals surface area contributed by atoms with Crippen LogP contribution in [0.15, 0.2) is 36.7 Å². The zero-order valence-corrected chi connectivity index (χ0v) is 9.77. The molecule has 0 radical (unpaired) electrons. The van der Waals surface area contributed by atoms with Crippen LogP contribution in [0.3, 0.4) is 0 Å². The van der Waals surface area contributed by atoms with Gasteiger partial charge in [-0.05, 0) is 18.6 Å². The summed E-state index contributed by atoms with van der Waals surface area (Å²) in [5.74, 6) is -0.895. The summed E-state index contributed by atoms with van der Waals surface area (Å²) in [6, 6.07) is 6.36. The van der Waals surface area contributed by atoms with Gasteiger partial charge < -0.3 is 11.1 Å². The van der Waals surface area contributed by atoms with Crippen LogP contribution in [0.25, 0.3) is 0 Å². The number of carbonyl (C=O) groups excluding carboxylic acids is 1. The molecule has 1 amide bonds. The van der Waals surface area contributed by atoms with Crippen LogP contribution in [0.2, 0.25) is 0 Å². The molecule has 1 heterocycles. The highest BCUT2D eigenvalue weighted by Crippen LogP contribution is 2.18. The molecule has 0 saturated carbocycles. The number of nitrogens with zero attached hydrogens (tertiary/aromatic N) is 1. The molecule has 2 rings (SSSR count). The van der Waals surface area contributed by atoms with Crippen LogP contribution in [0, 0.1) is 12.7 Å². The molecule has 4 nitrogen and oxygen atoms in total. The molecule has 0 spiro atoms. The highest BCUT2D eigenvalue weighted by Gasteiger charge is 2.11. The summed E-state index contributed by atoms with van der Waals surface area (Å²) in [6.07, 6.45) is 2.43. The first kappa shape index (κ1) is 12.0. The summed E-state index contributed by atoms with van der Waals surface area (Å²) in [4.78, 5) is 15.6. The normalized spacial score (nSPS) is 10.1. The highest BCUT2D eigenvalue weighted by molar-refractivity contribution is 6.08. The second kappa shape index (κ2) is 4.83. The van der Waals surface area contributed by atoms with Crippen LogP contribution in [0.1, 0.15) is 15.9 Å². The second-order valence-electron chi connectivity index (χ2n) is 3.88. The predicted octanol–water partition coefficient (Wildman–Crippen LogP) is 2.36. The molecule has 0 bridgehead atoms. The van der Waals surface area contributed by atoms with Gasteiger partial charge in [0, 0.05) is 11.8 Å². The molecule has 18 heavy (non-hydrogen) atoms. The quantitative estimate of drug-likeness (QED) is 0.798. The van der Waals surface area contributed by atoms with Gasteiger partial charge in [0.2, 0.25) is 0 Å².